The first-order valence-corrected chi connectivity index (χ1v) is 4.94. The highest BCUT2D eigenvalue weighted by atomic mass is 32.2. The predicted molar refractivity (Wildman–Crippen MR) is 45.9 cm³/mol. The molecule has 1 aromatic rings. The monoisotopic (exact) mass is 185 g/mol. The molecule has 1 aromatic heterocycles. The molecular weight excluding hydrogens is 174 g/mol. The van der Waals surface area contributed by atoms with Crippen LogP contribution in [0.3, 0.4) is 0 Å². The predicted octanol–water partition coefficient (Wildman–Crippen LogP) is 0.0438. The van der Waals surface area contributed by atoms with Crippen LogP contribution in [0.25, 0.3) is 0 Å². The topological polar surface area (TPSA) is 66.5 Å². The van der Waals surface area contributed by atoms with E-state index in [1.807, 2.05) is 0 Å². The first kappa shape index (κ1) is 8.00. The minimum absolute atomic E-state index is 0.656. The van der Waals surface area contributed by atoms with E-state index in [-0.39, 0.29) is 0 Å². The number of aromatic nitrogens is 4. The van der Waals surface area contributed by atoms with Gasteiger partial charge in [0, 0.05) is 5.25 Å². The van der Waals surface area contributed by atoms with Crippen LogP contribution in [0.15, 0.2) is 5.16 Å². The summed E-state index contributed by atoms with van der Waals surface area (Å²) in [5.74, 6) is 0. The van der Waals surface area contributed by atoms with Crippen LogP contribution in [0, 0.1) is 0 Å². The molecule has 1 saturated heterocycles. The SMILES string of the molecule is C1CC(Sc2nn[nH]n2)CCN1. The van der Waals surface area contributed by atoms with Gasteiger partial charge in [0.15, 0.2) is 0 Å². The summed E-state index contributed by atoms with van der Waals surface area (Å²) in [6.45, 7) is 2.21. The van der Waals surface area contributed by atoms with Crippen LogP contribution >= 0.6 is 11.8 Å². The van der Waals surface area contributed by atoms with E-state index in [9.17, 15) is 0 Å². The molecule has 0 aromatic carbocycles. The van der Waals surface area contributed by atoms with Gasteiger partial charge in [-0.05, 0) is 31.1 Å². The zero-order chi connectivity index (χ0) is 8.23. The molecule has 0 atom stereocenters. The van der Waals surface area contributed by atoms with E-state index < -0.39 is 0 Å². The summed E-state index contributed by atoms with van der Waals surface area (Å²) in [4.78, 5) is 0. The Morgan fingerprint density at radius 3 is 2.83 bits per heavy atom. The molecule has 2 N–H and O–H groups in total. The molecule has 2 heterocycles. The van der Waals surface area contributed by atoms with Crippen LogP contribution < -0.4 is 5.32 Å². The summed E-state index contributed by atoms with van der Waals surface area (Å²) in [6, 6.07) is 0. The van der Waals surface area contributed by atoms with Crippen molar-refractivity contribution >= 4 is 11.8 Å². The van der Waals surface area contributed by atoms with Gasteiger partial charge in [0.1, 0.15) is 0 Å². The van der Waals surface area contributed by atoms with Crippen molar-refractivity contribution in [1.29, 1.82) is 0 Å². The van der Waals surface area contributed by atoms with E-state index in [2.05, 4.69) is 25.9 Å². The van der Waals surface area contributed by atoms with Crippen LogP contribution in [0.5, 0.6) is 0 Å². The lowest BCUT2D eigenvalue weighted by Gasteiger charge is -2.20. The van der Waals surface area contributed by atoms with Crippen LogP contribution in [-0.2, 0) is 0 Å². The van der Waals surface area contributed by atoms with Crippen LogP contribution in [0.4, 0.5) is 0 Å². The van der Waals surface area contributed by atoms with E-state index in [1.165, 1.54) is 12.8 Å². The molecule has 0 spiro atoms. The van der Waals surface area contributed by atoms with Gasteiger partial charge in [0.05, 0.1) is 0 Å². The molecule has 0 bridgehead atoms. The maximum atomic E-state index is 3.91. The average molecular weight is 185 g/mol. The third kappa shape index (κ3) is 1.95. The zero-order valence-corrected chi connectivity index (χ0v) is 7.47. The van der Waals surface area contributed by atoms with E-state index in [0.29, 0.717) is 5.25 Å². The van der Waals surface area contributed by atoms with E-state index in [1.54, 1.807) is 11.8 Å². The second-order valence-corrected chi connectivity index (χ2v) is 4.03. The Hall–Kier alpha value is -0.620. The van der Waals surface area contributed by atoms with Crippen LogP contribution in [0.2, 0.25) is 0 Å². The Kier molecular flexibility index (Phi) is 2.57. The van der Waals surface area contributed by atoms with E-state index in [4.69, 9.17) is 0 Å². The van der Waals surface area contributed by atoms with Crippen molar-refractivity contribution in [2.24, 2.45) is 0 Å². The van der Waals surface area contributed by atoms with Crippen molar-refractivity contribution in [3.05, 3.63) is 0 Å². The fourth-order valence-corrected chi connectivity index (χ4v) is 2.22. The fourth-order valence-electron chi connectivity index (χ4n) is 1.26. The lowest BCUT2D eigenvalue weighted by Crippen LogP contribution is -2.29. The number of aromatic amines is 1. The third-order valence-electron chi connectivity index (χ3n) is 1.88. The molecule has 6 heteroatoms. The molecule has 0 radical (unpaired) electrons. The number of rotatable bonds is 2. The van der Waals surface area contributed by atoms with Crippen molar-refractivity contribution in [3.63, 3.8) is 0 Å². The molecule has 2 rings (SSSR count). The zero-order valence-electron chi connectivity index (χ0n) is 6.66. The number of hydrogen-bond donors (Lipinski definition) is 2. The van der Waals surface area contributed by atoms with Gasteiger partial charge in [-0.2, -0.15) is 5.21 Å². The summed E-state index contributed by atoms with van der Waals surface area (Å²) in [5, 5.41) is 18.5. The van der Waals surface area contributed by atoms with Crippen LogP contribution in [0.1, 0.15) is 12.8 Å². The Labute approximate surface area is 74.7 Å². The summed E-state index contributed by atoms with van der Waals surface area (Å²) in [5.41, 5.74) is 0. The van der Waals surface area contributed by atoms with Gasteiger partial charge in [-0.25, -0.2) is 0 Å². The lowest BCUT2D eigenvalue weighted by atomic mass is 10.2. The van der Waals surface area contributed by atoms with E-state index in [0.717, 1.165) is 18.2 Å². The molecule has 66 valence electrons. The Bertz CT molecular complexity index is 218. The largest absolute Gasteiger partial charge is 0.317 e. The standard InChI is InChI=1S/C6H11N5S/c1-3-7-4-2-5(1)12-6-8-10-11-9-6/h5,7H,1-4H2,(H,8,9,10,11). The quantitative estimate of drug-likeness (QED) is 0.681. The highest BCUT2D eigenvalue weighted by Crippen LogP contribution is 2.24. The maximum absolute atomic E-state index is 3.91. The first-order chi connectivity index (χ1) is 5.95. The van der Waals surface area contributed by atoms with Crippen molar-refractivity contribution in [3.8, 4) is 0 Å². The Morgan fingerprint density at radius 1 is 1.33 bits per heavy atom. The van der Waals surface area contributed by atoms with Gasteiger partial charge in [0.2, 0.25) is 5.16 Å². The minimum atomic E-state index is 0.656. The molecule has 1 aliphatic heterocycles. The molecule has 0 amide bonds. The normalized spacial score (nSPS) is 19.7. The van der Waals surface area contributed by atoms with Gasteiger partial charge >= 0.3 is 0 Å². The molecule has 1 aliphatic rings. The number of thioether (sulfide) groups is 1. The number of nitrogens with one attached hydrogen (secondary N) is 2. The smallest absolute Gasteiger partial charge is 0.231 e. The molecular formula is C6H11N5S. The Morgan fingerprint density at radius 2 is 2.17 bits per heavy atom. The van der Waals surface area contributed by atoms with E-state index >= 15 is 0 Å². The van der Waals surface area contributed by atoms with Gasteiger partial charge in [-0.15, -0.1) is 10.2 Å². The highest BCUT2D eigenvalue weighted by Gasteiger charge is 2.15. The molecule has 0 aliphatic carbocycles. The number of hydrogen-bond acceptors (Lipinski definition) is 5. The second-order valence-electron chi connectivity index (χ2n) is 2.76. The van der Waals surface area contributed by atoms with Crippen molar-refractivity contribution in [2.45, 2.75) is 23.2 Å². The van der Waals surface area contributed by atoms with Crippen molar-refractivity contribution in [1.82, 2.24) is 25.9 Å². The maximum Gasteiger partial charge on any atom is 0.231 e. The summed E-state index contributed by atoms with van der Waals surface area (Å²) >= 11 is 1.72. The fraction of sp³-hybridized carbons (Fsp3) is 0.833. The Balaban J connectivity index is 1.86. The van der Waals surface area contributed by atoms with Gasteiger partial charge in [-0.3, -0.25) is 0 Å². The van der Waals surface area contributed by atoms with Crippen molar-refractivity contribution < 1.29 is 0 Å². The molecule has 1 fully saturated rings. The summed E-state index contributed by atoms with van der Waals surface area (Å²) < 4.78 is 0. The third-order valence-corrected chi connectivity index (χ3v) is 3.07. The minimum Gasteiger partial charge on any atom is -0.317 e. The van der Waals surface area contributed by atoms with Crippen LogP contribution in [-0.4, -0.2) is 39.0 Å². The molecule has 0 saturated carbocycles. The van der Waals surface area contributed by atoms with Crippen molar-refractivity contribution in [2.75, 3.05) is 13.1 Å². The average Bonchev–Trinajstić information content (AvgIpc) is 2.59. The highest BCUT2D eigenvalue weighted by molar-refractivity contribution is 7.99. The molecule has 12 heavy (non-hydrogen) atoms. The summed E-state index contributed by atoms with van der Waals surface area (Å²) in [6.07, 6.45) is 2.39. The second kappa shape index (κ2) is 3.86. The molecule has 5 nitrogen and oxygen atoms in total. The van der Waals surface area contributed by atoms with Gasteiger partial charge < -0.3 is 5.32 Å². The van der Waals surface area contributed by atoms with Gasteiger partial charge in [-0.1, -0.05) is 11.8 Å². The molecule has 0 unspecified atom stereocenters. The first-order valence-electron chi connectivity index (χ1n) is 4.06. The lowest BCUT2D eigenvalue weighted by molar-refractivity contribution is 0.531. The van der Waals surface area contributed by atoms with Gasteiger partial charge in [0.25, 0.3) is 0 Å². The number of H-pyrrole nitrogens is 1. The number of nitrogens with zero attached hydrogens (tertiary/aromatic N) is 3. The summed E-state index contributed by atoms with van der Waals surface area (Å²) in [7, 11) is 0. The number of tetrazole rings is 1. The number of piperidine rings is 1.